The van der Waals surface area contributed by atoms with Gasteiger partial charge >= 0.3 is 18.3 Å². The second-order valence-corrected chi connectivity index (χ2v) is 28.1. The highest BCUT2D eigenvalue weighted by Crippen LogP contribution is 2.25. The molecule has 27 nitrogen and oxygen atoms in total. The van der Waals surface area contributed by atoms with Gasteiger partial charge in [0.2, 0.25) is 23.6 Å². The number of amides is 7. The number of morpholine rings is 4. The van der Waals surface area contributed by atoms with E-state index in [-0.39, 0.29) is 113 Å². The predicted molar refractivity (Wildman–Crippen MR) is 419 cm³/mol. The lowest BCUT2D eigenvalue weighted by Gasteiger charge is -2.31. The van der Waals surface area contributed by atoms with Gasteiger partial charge in [-0.2, -0.15) is 0 Å². The summed E-state index contributed by atoms with van der Waals surface area (Å²) in [6.07, 6.45) is -1.44. The first-order valence-electron chi connectivity index (χ1n) is 38.6. The van der Waals surface area contributed by atoms with Crippen LogP contribution in [0.15, 0.2) is 188 Å². The van der Waals surface area contributed by atoms with Crippen LogP contribution in [0.5, 0.6) is 0 Å². The summed E-state index contributed by atoms with van der Waals surface area (Å²) in [5.74, 6) is -2.49. The number of benzene rings is 7. The Balaban J connectivity index is 0.000000160. The molecule has 31 heteroatoms. The summed E-state index contributed by atoms with van der Waals surface area (Å²) in [5, 5.41) is 12.7. The van der Waals surface area contributed by atoms with E-state index in [0.29, 0.717) is 88.3 Å². The lowest BCUT2D eigenvalue weighted by Crippen LogP contribution is -2.46. The van der Waals surface area contributed by atoms with Gasteiger partial charge < -0.3 is 38.5 Å². The number of carbonyl (C=O) groups is 8. The summed E-state index contributed by atoms with van der Waals surface area (Å²) >= 11 is 0. The van der Waals surface area contributed by atoms with Crippen LogP contribution in [0.2, 0.25) is 0 Å². The number of halogens is 4. The Labute approximate surface area is 673 Å². The van der Waals surface area contributed by atoms with Crippen LogP contribution < -0.4 is 10.7 Å². The monoisotopic (exact) mass is 1610 g/mol. The average molecular weight is 1610 g/mol. The summed E-state index contributed by atoms with van der Waals surface area (Å²) in [7, 11) is 0. The Hall–Kier alpha value is -10.7. The van der Waals surface area contributed by atoms with Crippen molar-refractivity contribution in [3.63, 3.8) is 0 Å². The standard InChI is InChI=1S/2C23H26FN3O4.C19H17FN2O4.C15H20FN3O2.C4H9NO.CH4/c2*24-20-8-6-18(7-9-20)14-22(28)26-15-21(25-10-12-30-13-11-25)16-27(26)23(29)31-17-19-4-2-1-3-5-19;20-16-8-6-14(7-9-16)10-18(24)21-11-17(23)12-22(21)19(25)26-13-15-4-2-1-3-5-15;16-13-3-1-12(2-4-13)9-15(20)19-11-14(10-17-19)18-5-7-21-8-6-18;1-3-6-4-2-5-1;/h2*1-9,21H,10-17H2;1-9H,10-13H2;1-4,14,17H,5-11H2;5H,1-4H2;1H4. The molecule has 7 amide bonds. The zero-order valence-electron chi connectivity index (χ0n) is 64.2. The van der Waals surface area contributed by atoms with Crippen LogP contribution in [-0.2, 0) is 103 Å². The highest BCUT2D eigenvalue weighted by Gasteiger charge is 2.43. The molecule has 0 spiro atoms. The van der Waals surface area contributed by atoms with Crippen LogP contribution in [0.25, 0.3) is 0 Å². The zero-order chi connectivity index (χ0) is 80.7. The molecule has 0 saturated carbocycles. The van der Waals surface area contributed by atoms with Crippen LogP contribution in [0.1, 0.15) is 46.4 Å². The first-order valence-corrected chi connectivity index (χ1v) is 38.6. The molecule has 116 heavy (non-hydrogen) atoms. The summed E-state index contributed by atoms with van der Waals surface area (Å²) < 4.78 is 89.6. The molecule has 0 aliphatic carbocycles. The molecule has 3 unspecified atom stereocenters. The number of Topliss-reactive ketones (excluding diaryl/α,β-unsaturated/α-hetero) is 1. The van der Waals surface area contributed by atoms with Crippen LogP contribution in [0, 0.1) is 23.3 Å². The Morgan fingerprint density at radius 1 is 0.336 bits per heavy atom. The van der Waals surface area contributed by atoms with Gasteiger partial charge in [0.25, 0.3) is 0 Å². The van der Waals surface area contributed by atoms with E-state index in [1.54, 1.807) is 53.5 Å². The molecule has 7 aromatic carbocycles. The SMILES string of the molecule is C.C1COCCN1.O=C(Cc1ccc(F)cc1)N1CC(N2CCOCC2)CN1.O=C(Cc1ccc(F)cc1)N1CC(N2CCOCC2)CN1C(=O)OCc1ccccc1.O=C(Cc1ccc(F)cc1)N1CC(N2CCOCC2)CN1C(=O)OCc1ccccc1.O=C1CN(C(=O)Cc2ccc(F)cc2)N(C(=O)OCc2ccccc2)C1. The van der Waals surface area contributed by atoms with E-state index in [4.69, 9.17) is 33.2 Å². The number of ether oxygens (including phenoxy) is 7. The van der Waals surface area contributed by atoms with Crippen molar-refractivity contribution in [1.82, 2.24) is 60.5 Å². The fraction of sp³-hybridized carbons (Fsp3) is 0.412. The molecule has 0 aromatic heterocycles. The second-order valence-electron chi connectivity index (χ2n) is 28.1. The third-order valence-electron chi connectivity index (χ3n) is 20.0. The Morgan fingerprint density at radius 3 is 0.957 bits per heavy atom. The Morgan fingerprint density at radius 2 is 0.629 bits per heavy atom. The normalized spacial score (nSPS) is 19.0. The number of ketones is 1. The maximum Gasteiger partial charge on any atom is 0.429 e. The third kappa shape index (κ3) is 27.2. The molecule has 3 atom stereocenters. The lowest BCUT2D eigenvalue weighted by atomic mass is 10.1. The molecule has 7 aromatic rings. The highest BCUT2D eigenvalue weighted by molar-refractivity contribution is 5.94. The quantitative estimate of drug-likeness (QED) is 0.0648. The van der Waals surface area contributed by atoms with Crippen LogP contribution in [0.4, 0.5) is 31.9 Å². The topological polar surface area (TPSA) is 258 Å². The smallest absolute Gasteiger partial charge is 0.429 e. The Kier molecular flexibility index (Phi) is 34.4. The fourth-order valence-corrected chi connectivity index (χ4v) is 13.7. The highest BCUT2D eigenvalue weighted by atomic mass is 19.1. The van der Waals surface area contributed by atoms with Crippen molar-refractivity contribution in [2.45, 2.75) is 71.1 Å². The zero-order valence-corrected chi connectivity index (χ0v) is 64.2. The van der Waals surface area contributed by atoms with Crippen molar-refractivity contribution in [3.8, 4) is 0 Å². The van der Waals surface area contributed by atoms with E-state index in [1.807, 2.05) is 78.9 Å². The number of rotatable bonds is 17. The molecule has 8 aliphatic heterocycles. The van der Waals surface area contributed by atoms with Crippen molar-refractivity contribution in [1.29, 1.82) is 0 Å². The minimum atomic E-state index is -0.757. The first-order chi connectivity index (χ1) is 55.9. The fourth-order valence-electron chi connectivity index (χ4n) is 13.7. The summed E-state index contributed by atoms with van der Waals surface area (Å²) in [6, 6.07) is 51.5. The summed E-state index contributed by atoms with van der Waals surface area (Å²) in [5.41, 5.74) is 8.53. The number of nitrogens with one attached hydrogen (secondary N) is 2. The number of nitrogens with zero attached hydrogens (tertiary/aromatic N) is 10. The van der Waals surface area contributed by atoms with Gasteiger partial charge in [0, 0.05) is 77.0 Å². The van der Waals surface area contributed by atoms with Gasteiger partial charge in [0.15, 0.2) is 5.78 Å². The maximum absolute atomic E-state index is 13.2. The van der Waals surface area contributed by atoms with Gasteiger partial charge in [-0.05, 0) is 87.5 Å². The molecule has 8 saturated heterocycles. The van der Waals surface area contributed by atoms with Gasteiger partial charge in [-0.25, -0.2) is 67.4 Å². The molecule has 620 valence electrons. The van der Waals surface area contributed by atoms with E-state index in [0.717, 1.165) is 118 Å². The molecule has 2 N–H and O–H groups in total. The molecular weight excluding hydrogens is 1500 g/mol. The average Bonchev–Trinajstić information content (AvgIpc) is 1.67. The van der Waals surface area contributed by atoms with Gasteiger partial charge in [0.1, 0.15) is 56.2 Å². The van der Waals surface area contributed by atoms with E-state index in [9.17, 15) is 55.9 Å². The van der Waals surface area contributed by atoms with Crippen molar-refractivity contribution < 1.29 is 89.1 Å². The Bertz CT molecular complexity index is 4070. The van der Waals surface area contributed by atoms with E-state index >= 15 is 0 Å². The van der Waals surface area contributed by atoms with Crippen LogP contribution >= 0.6 is 0 Å². The van der Waals surface area contributed by atoms with Gasteiger partial charge in [-0.15, -0.1) is 0 Å². The maximum atomic E-state index is 13.2. The number of hydrogen-bond donors (Lipinski definition) is 2. The minimum Gasteiger partial charge on any atom is -0.443 e. The molecule has 15 rings (SSSR count). The third-order valence-corrected chi connectivity index (χ3v) is 20.0. The number of hydrogen-bond acceptors (Lipinski definition) is 20. The lowest BCUT2D eigenvalue weighted by molar-refractivity contribution is -0.141. The largest absolute Gasteiger partial charge is 0.443 e. The van der Waals surface area contributed by atoms with Gasteiger partial charge in [0.05, 0.1) is 111 Å². The molecule has 8 aliphatic rings. The van der Waals surface area contributed by atoms with Crippen molar-refractivity contribution in [2.24, 2.45) is 0 Å². The number of hydrazine groups is 4. The van der Waals surface area contributed by atoms with Crippen molar-refractivity contribution >= 4 is 47.7 Å². The van der Waals surface area contributed by atoms with Gasteiger partial charge in [-0.3, -0.25) is 43.7 Å². The minimum absolute atomic E-state index is 0. The molecule has 0 radical (unpaired) electrons. The molecule has 8 fully saturated rings. The van der Waals surface area contributed by atoms with E-state index in [2.05, 4.69) is 25.4 Å². The van der Waals surface area contributed by atoms with Gasteiger partial charge in [-0.1, -0.05) is 147 Å². The predicted octanol–water partition coefficient (Wildman–Crippen LogP) is 7.92. The van der Waals surface area contributed by atoms with E-state index in [1.165, 1.54) is 80.7 Å². The van der Waals surface area contributed by atoms with Crippen molar-refractivity contribution in [2.75, 3.05) is 158 Å². The first kappa shape index (κ1) is 87.6. The molecular formula is C85H102F4N12O15. The van der Waals surface area contributed by atoms with Crippen LogP contribution in [0.3, 0.4) is 0 Å². The van der Waals surface area contributed by atoms with Crippen molar-refractivity contribution in [3.05, 3.63) is 250 Å². The summed E-state index contributed by atoms with van der Waals surface area (Å²) in [4.78, 5) is 107. The van der Waals surface area contributed by atoms with E-state index < -0.39 is 30.0 Å². The van der Waals surface area contributed by atoms with Crippen LogP contribution in [-0.4, -0.2) is 273 Å². The summed E-state index contributed by atoms with van der Waals surface area (Å²) in [6.45, 7) is 15.8. The molecule has 8 heterocycles. The number of carbonyl (C=O) groups excluding carboxylic acids is 8. The molecule has 0 bridgehead atoms. The second kappa shape index (κ2) is 45.5.